The topological polar surface area (TPSA) is 109 Å². The van der Waals surface area contributed by atoms with Gasteiger partial charge < -0.3 is 15.7 Å². The van der Waals surface area contributed by atoms with E-state index in [2.05, 4.69) is 22.2 Å². The molecule has 1 fully saturated rings. The quantitative estimate of drug-likeness (QED) is 0.161. The molecule has 2 heterocycles. The maximum atomic E-state index is 13.2. The number of aromatic nitrogens is 3. The third-order valence-corrected chi connectivity index (χ3v) is 8.04. The lowest BCUT2D eigenvalue weighted by Crippen LogP contribution is -2.26. The Balaban J connectivity index is 1.53. The molecule has 8 nitrogen and oxygen atoms in total. The van der Waals surface area contributed by atoms with E-state index in [0.29, 0.717) is 11.3 Å². The van der Waals surface area contributed by atoms with Crippen LogP contribution in [0.3, 0.4) is 0 Å². The van der Waals surface area contributed by atoms with Gasteiger partial charge in [-0.25, -0.2) is 9.67 Å². The third-order valence-electron chi connectivity index (χ3n) is 8.04. The molecule has 1 unspecified atom stereocenters. The molecule has 0 radical (unpaired) electrons. The average Bonchev–Trinajstić information content (AvgIpc) is 3.48. The number of hydrogen-bond acceptors (Lipinski definition) is 5. The fourth-order valence-corrected chi connectivity index (χ4v) is 5.72. The lowest BCUT2D eigenvalue weighted by molar-refractivity contribution is -0.138. The minimum absolute atomic E-state index is 0.0324. The molecule has 0 spiro atoms. The van der Waals surface area contributed by atoms with Gasteiger partial charge in [0.2, 0.25) is 0 Å². The van der Waals surface area contributed by atoms with Crippen molar-refractivity contribution in [3.05, 3.63) is 102 Å². The number of pyridine rings is 1. The van der Waals surface area contributed by atoms with Crippen LogP contribution in [0.5, 0.6) is 0 Å². The number of aliphatic carboxylic acids is 1. The predicted molar refractivity (Wildman–Crippen MR) is 166 cm³/mol. The first-order valence-electron chi connectivity index (χ1n) is 14.9. The van der Waals surface area contributed by atoms with Crippen LogP contribution in [-0.2, 0) is 11.0 Å². The van der Waals surface area contributed by atoms with E-state index < -0.39 is 17.7 Å². The van der Waals surface area contributed by atoms with E-state index >= 15 is 0 Å². The van der Waals surface area contributed by atoms with Crippen molar-refractivity contribution in [1.29, 1.82) is 0 Å². The van der Waals surface area contributed by atoms with Gasteiger partial charge in [0.25, 0.3) is 5.91 Å². The van der Waals surface area contributed by atoms with Crippen LogP contribution in [0.2, 0.25) is 0 Å². The van der Waals surface area contributed by atoms with E-state index in [0.717, 1.165) is 66.7 Å². The highest BCUT2D eigenvalue weighted by Gasteiger charge is 2.32. The minimum Gasteiger partial charge on any atom is -0.481 e. The first-order chi connectivity index (χ1) is 21.6. The number of anilines is 1. The van der Waals surface area contributed by atoms with Crippen LogP contribution in [0, 0.1) is 5.92 Å². The van der Waals surface area contributed by atoms with E-state index in [1.807, 2.05) is 30.5 Å². The van der Waals surface area contributed by atoms with E-state index in [1.165, 1.54) is 10.7 Å². The Morgan fingerprint density at radius 1 is 1.04 bits per heavy atom. The van der Waals surface area contributed by atoms with Crippen LogP contribution in [0.1, 0.15) is 71.6 Å². The Bertz CT molecular complexity index is 1640. The van der Waals surface area contributed by atoms with Crippen molar-refractivity contribution < 1.29 is 27.9 Å². The van der Waals surface area contributed by atoms with Crippen LogP contribution in [0.4, 0.5) is 18.9 Å². The molecule has 1 aliphatic carbocycles. The summed E-state index contributed by atoms with van der Waals surface area (Å²) in [6, 6.07) is 16.8. The second-order valence-electron chi connectivity index (χ2n) is 11.1. The van der Waals surface area contributed by atoms with Crippen LogP contribution in [0.25, 0.3) is 23.2 Å². The standard InChI is InChI=1S/C34H34F3N5O3/c1-2-22-8-6-7-11-27(22)32-28(21-42(41-32)29-17-14-25(20-39-29)34(35,36)37)31(23-9-4-3-5-10-23)40-26-15-12-24(13-16-26)33(45)38-19-18-30(43)44/h2,6-8,11-17,20-21,23,31,40H,1,3-5,9-10,18-19H2,(H,38,45)(H,43,44). The summed E-state index contributed by atoms with van der Waals surface area (Å²) in [7, 11) is 0. The molecule has 0 aliphatic heterocycles. The number of nitrogens with zero attached hydrogens (tertiary/aromatic N) is 3. The Morgan fingerprint density at radius 3 is 2.42 bits per heavy atom. The number of carboxylic acids is 1. The average molecular weight is 618 g/mol. The Labute approximate surface area is 259 Å². The first kappa shape index (κ1) is 31.5. The third kappa shape index (κ3) is 7.60. The zero-order valence-corrected chi connectivity index (χ0v) is 24.6. The Hall–Kier alpha value is -4.93. The van der Waals surface area contributed by atoms with Gasteiger partial charge in [-0.1, -0.05) is 56.2 Å². The summed E-state index contributed by atoms with van der Waals surface area (Å²) in [6.45, 7) is 4.00. The highest BCUT2D eigenvalue weighted by Crippen LogP contribution is 2.41. The molecule has 1 aliphatic rings. The van der Waals surface area contributed by atoms with Gasteiger partial charge in [-0.3, -0.25) is 9.59 Å². The fraction of sp³-hybridized carbons (Fsp3) is 0.294. The van der Waals surface area contributed by atoms with Crippen molar-refractivity contribution in [2.75, 3.05) is 11.9 Å². The van der Waals surface area contributed by atoms with Gasteiger partial charge in [0.05, 0.1) is 23.7 Å². The highest BCUT2D eigenvalue weighted by atomic mass is 19.4. The van der Waals surface area contributed by atoms with Crippen LogP contribution < -0.4 is 10.6 Å². The number of nitrogens with one attached hydrogen (secondary N) is 2. The van der Waals surface area contributed by atoms with Gasteiger partial charge in [-0.2, -0.15) is 18.3 Å². The number of carbonyl (C=O) groups is 2. The largest absolute Gasteiger partial charge is 0.481 e. The SMILES string of the molecule is C=Cc1ccccc1-c1nn(-c2ccc(C(F)(F)F)cn2)cc1C(Nc1ccc(C(=O)NCCC(=O)O)cc1)C1CCCCC1. The van der Waals surface area contributed by atoms with Crippen molar-refractivity contribution in [2.24, 2.45) is 5.92 Å². The van der Waals surface area contributed by atoms with Crippen LogP contribution >= 0.6 is 0 Å². The first-order valence-corrected chi connectivity index (χ1v) is 14.9. The molecule has 0 saturated heterocycles. The highest BCUT2D eigenvalue weighted by molar-refractivity contribution is 5.94. The molecule has 45 heavy (non-hydrogen) atoms. The fourth-order valence-electron chi connectivity index (χ4n) is 5.72. The molecule has 4 aromatic rings. The molecule has 234 valence electrons. The van der Waals surface area contributed by atoms with E-state index in [1.54, 1.807) is 30.3 Å². The van der Waals surface area contributed by atoms with Gasteiger partial charge in [0.15, 0.2) is 5.82 Å². The van der Waals surface area contributed by atoms with E-state index in [4.69, 9.17) is 10.2 Å². The van der Waals surface area contributed by atoms with E-state index in [-0.39, 0.29) is 36.7 Å². The summed E-state index contributed by atoms with van der Waals surface area (Å²) >= 11 is 0. The van der Waals surface area contributed by atoms with Crippen molar-refractivity contribution in [2.45, 2.75) is 50.7 Å². The maximum Gasteiger partial charge on any atom is 0.417 e. The molecule has 1 amide bonds. The number of alkyl halides is 3. The summed E-state index contributed by atoms with van der Waals surface area (Å²) in [4.78, 5) is 27.4. The van der Waals surface area contributed by atoms with Crippen molar-refractivity contribution >= 4 is 23.6 Å². The van der Waals surface area contributed by atoms with Crippen molar-refractivity contribution in [1.82, 2.24) is 20.1 Å². The molecule has 3 N–H and O–H groups in total. The van der Waals surface area contributed by atoms with Gasteiger partial charge in [-0.05, 0) is 60.7 Å². The molecule has 1 saturated carbocycles. The number of amides is 1. The molecule has 2 aromatic carbocycles. The number of hydrogen-bond donors (Lipinski definition) is 3. The summed E-state index contributed by atoms with van der Waals surface area (Å²) in [6.07, 6.45) is 4.99. The smallest absolute Gasteiger partial charge is 0.417 e. The summed E-state index contributed by atoms with van der Waals surface area (Å²) in [5, 5.41) is 20.0. The van der Waals surface area contributed by atoms with Crippen molar-refractivity contribution in [3.8, 4) is 17.1 Å². The van der Waals surface area contributed by atoms with Crippen LogP contribution in [-0.4, -0.2) is 38.3 Å². The molecule has 11 heteroatoms. The summed E-state index contributed by atoms with van der Waals surface area (Å²) in [5.74, 6) is -0.853. The normalized spacial score (nSPS) is 14.5. The number of carboxylic acid groups (broad SMARTS) is 1. The zero-order chi connectivity index (χ0) is 32.0. The maximum absolute atomic E-state index is 13.2. The minimum atomic E-state index is -4.50. The molecule has 1 atom stereocenters. The number of rotatable bonds is 11. The Kier molecular flexibility index (Phi) is 9.65. The van der Waals surface area contributed by atoms with Crippen LogP contribution in [0.15, 0.2) is 79.6 Å². The Morgan fingerprint density at radius 2 is 1.78 bits per heavy atom. The number of benzene rings is 2. The summed E-state index contributed by atoms with van der Waals surface area (Å²) < 4.78 is 41.2. The number of carbonyl (C=O) groups excluding carboxylic acids is 1. The lowest BCUT2D eigenvalue weighted by Gasteiger charge is -2.32. The zero-order valence-electron chi connectivity index (χ0n) is 24.6. The molecule has 5 rings (SSSR count). The second kappa shape index (κ2) is 13.8. The summed E-state index contributed by atoms with van der Waals surface area (Å²) in [5.41, 5.74) is 3.59. The van der Waals surface area contributed by atoms with Gasteiger partial charge in [0, 0.05) is 41.3 Å². The van der Waals surface area contributed by atoms with Gasteiger partial charge >= 0.3 is 12.1 Å². The second-order valence-corrected chi connectivity index (χ2v) is 11.1. The van der Waals surface area contributed by atoms with E-state index in [9.17, 15) is 22.8 Å². The molecule has 0 bridgehead atoms. The molecular formula is C34H34F3N5O3. The molecule has 2 aromatic heterocycles. The van der Waals surface area contributed by atoms with Crippen molar-refractivity contribution in [3.63, 3.8) is 0 Å². The predicted octanol–water partition coefficient (Wildman–Crippen LogP) is 7.53. The lowest BCUT2D eigenvalue weighted by atomic mass is 9.80. The van der Waals surface area contributed by atoms with Gasteiger partial charge in [0.1, 0.15) is 0 Å². The monoisotopic (exact) mass is 617 g/mol. The molecular weight excluding hydrogens is 583 g/mol. The number of halogens is 3. The van der Waals surface area contributed by atoms with Gasteiger partial charge in [-0.15, -0.1) is 0 Å².